The quantitative estimate of drug-likeness (QED) is 0.431. The summed E-state index contributed by atoms with van der Waals surface area (Å²) in [6, 6.07) is 8.81. The minimum atomic E-state index is -3.99. The van der Waals surface area contributed by atoms with E-state index in [2.05, 4.69) is 10.6 Å². The minimum absolute atomic E-state index is 0.0166. The summed E-state index contributed by atoms with van der Waals surface area (Å²) in [5, 5.41) is 4.78. The summed E-state index contributed by atoms with van der Waals surface area (Å²) in [5.74, 6) is -1.26. The monoisotopic (exact) mass is 394 g/mol. The highest BCUT2D eigenvalue weighted by molar-refractivity contribution is 7.90. The van der Waals surface area contributed by atoms with Crippen molar-refractivity contribution in [2.45, 2.75) is 11.8 Å². The predicted octanol–water partition coefficient (Wildman–Crippen LogP) is 1.13. The van der Waals surface area contributed by atoms with Gasteiger partial charge in [0.15, 0.2) is 0 Å². The van der Waals surface area contributed by atoms with Crippen LogP contribution in [0.2, 0.25) is 0 Å². The normalized spacial score (nSPS) is 10.9. The highest BCUT2D eigenvalue weighted by atomic mass is 32.2. The van der Waals surface area contributed by atoms with E-state index in [1.807, 2.05) is 4.72 Å². The number of rotatable bonds is 6. The van der Waals surface area contributed by atoms with E-state index < -0.39 is 27.8 Å². The summed E-state index contributed by atoms with van der Waals surface area (Å²) >= 11 is 0. The van der Waals surface area contributed by atoms with E-state index in [1.54, 1.807) is 19.1 Å². The van der Waals surface area contributed by atoms with E-state index in [4.69, 9.17) is 5.73 Å². The van der Waals surface area contributed by atoms with E-state index in [0.29, 0.717) is 0 Å². The SMILES string of the molecule is Cc1cccc(S(=O)(=O)NC(=O)NCCNC(=O)c2ccc(N)c(F)c2)c1. The lowest BCUT2D eigenvalue weighted by molar-refractivity contribution is 0.0953. The second kappa shape index (κ2) is 8.49. The number of sulfonamides is 1. The molecule has 0 saturated heterocycles. The van der Waals surface area contributed by atoms with Crippen molar-refractivity contribution >= 4 is 27.6 Å². The molecule has 0 spiro atoms. The van der Waals surface area contributed by atoms with Gasteiger partial charge in [0.05, 0.1) is 10.6 Å². The fourth-order valence-electron chi connectivity index (χ4n) is 2.12. The lowest BCUT2D eigenvalue weighted by atomic mass is 10.2. The zero-order valence-corrected chi connectivity index (χ0v) is 15.3. The molecule has 0 saturated carbocycles. The minimum Gasteiger partial charge on any atom is -0.396 e. The topological polar surface area (TPSA) is 130 Å². The van der Waals surface area contributed by atoms with Crippen LogP contribution in [-0.2, 0) is 10.0 Å². The maximum atomic E-state index is 13.3. The number of nitrogens with one attached hydrogen (secondary N) is 3. The fourth-order valence-corrected chi connectivity index (χ4v) is 3.15. The first-order valence-electron chi connectivity index (χ1n) is 7.89. The van der Waals surface area contributed by atoms with E-state index in [-0.39, 0.29) is 29.2 Å². The van der Waals surface area contributed by atoms with Gasteiger partial charge < -0.3 is 16.4 Å². The second-order valence-electron chi connectivity index (χ2n) is 5.67. The number of carbonyl (C=O) groups is 2. The van der Waals surface area contributed by atoms with Crippen molar-refractivity contribution in [1.82, 2.24) is 15.4 Å². The van der Waals surface area contributed by atoms with Gasteiger partial charge in [-0.05, 0) is 42.8 Å². The first-order chi connectivity index (χ1) is 12.7. The van der Waals surface area contributed by atoms with Gasteiger partial charge in [0, 0.05) is 18.7 Å². The first-order valence-corrected chi connectivity index (χ1v) is 9.38. The Kier molecular flexibility index (Phi) is 6.35. The predicted molar refractivity (Wildman–Crippen MR) is 98.0 cm³/mol. The molecule has 27 heavy (non-hydrogen) atoms. The standard InChI is InChI=1S/C17H19FN4O4S/c1-11-3-2-4-13(9-11)27(25,26)22-17(24)21-8-7-20-16(23)12-5-6-15(19)14(18)10-12/h2-6,9-10H,7-8,19H2,1H3,(H,20,23)(H2,21,22,24). The van der Waals surface area contributed by atoms with E-state index in [1.165, 1.54) is 24.3 Å². The first kappa shape index (κ1) is 20.2. The van der Waals surface area contributed by atoms with Crippen molar-refractivity contribution in [2.75, 3.05) is 18.8 Å². The largest absolute Gasteiger partial charge is 0.396 e. The van der Waals surface area contributed by atoms with Crippen LogP contribution in [0.4, 0.5) is 14.9 Å². The Balaban J connectivity index is 1.80. The van der Waals surface area contributed by atoms with Gasteiger partial charge in [-0.2, -0.15) is 0 Å². The Hall–Kier alpha value is -3.14. The highest BCUT2D eigenvalue weighted by Gasteiger charge is 2.17. The zero-order valence-electron chi connectivity index (χ0n) is 14.5. The molecule has 5 N–H and O–H groups in total. The molecule has 0 unspecified atom stereocenters. The van der Waals surface area contributed by atoms with Crippen molar-refractivity contribution < 1.29 is 22.4 Å². The molecule has 3 amide bonds. The number of hydrogen-bond donors (Lipinski definition) is 4. The molecule has 0 aliphatic heterocycles. The third kappa shape index (κ3) is 5.68. The number of amides is 3. The number of hydrogen-bond acceptors (Lipinski definition) is 5. The molecule has 0 fully saturated rings. The van der Waals surface area contributed by atoms with Crippen LogP contribution >= 0.6 is 0 Å². The van der Waals surface area contributed by atoms with Crippen molar-refractivity contribution in [3.63, 3.8) is 0 Å². The van der Waals surface area contributed by atoms with E-state index in [0.717, 1.165) is 11.6 Å². The Morgan fingerprint density at radius 1 is 1.07 bits per heavy atom. The van der Waals surface area contributed by atoms with Crippen LogP contribution < -0.4 is 21.1 Å². The van der Waals surface area contributed by atoms with Crippen molar-refractivity contribution in [3.8, 4) is 0 Å². The number of urea groups is 1. The van der Waals surface area contributed by atoms with Crippen LogP contribution in [0.5, 0.6) is 0 Å². The molecule has 0 aliphatic carbocycles. The molecule has 0 aromatic heterocycles. The number of halogens is 1. The Morgan fingerprint density at radius 2 is 1.78 bits per heavy atom. The molecule has 2 aromatic rings. The Bertz CT molecular complexity index is 963. The van der Waals surface area contributed by atoms with Crippen molar-refractivity contribution in [2.24, 2.45) is 0 Å². The fraction of sp³-hybridized carbons (Fsp3) is 0.176. The van der Waals surface area contributed by atoms with Gasteiger partial charge in [-0.3, -0.25) is 4.79 Å². The molecular formula is C17H19FN4O4S. The molecule has 10 heteroatoms. The molecule has 8 nitrogen and oxygen atoms in total. The van der Waals surface area contributed by atoms with Crippen LogP contribution in [0.3, 0.4) is 0 Å². The second-order valence-corrected chi connectivity index (χ2v) is 7.35. The Labute approximate surface area is 156 Å². The summed E-state index contributed by atoms with van der Waals surface area (Å²) in [6.45, 7) is 1.72. The molecule has 0 aliphatic rings. The zero-order chi connectivity index (χ0) is 20.0. The molecule has 0 bridgehead atoms. The number of anilines is 1. The van der Waals surface area contributed by atoms with Gasteiger partial charge in [-0.25, -0.2) is 22.3 Å². The highest BCUT2D eigenvalue weighted by Crippen LogP contribution is 2.12. The van der Waals surface area contributed by atoms with Crippen LogP contribution in [0.25, 0.3) is 0 Å². The summed E-state index contributed by atoms with van der Waals surface area (Å²) < 4.78 is 39.4. The maximum Gasteiger partial charge on any atom is 0.328 e. The Morgan fingerprint density at radius 3 is 2.44 bits per heavy atom. The lowest BCUT2D eigenvalue weighted by Crippen LogP contribution is -2.42. The molecule has 2 aromatic carbocycles. The van der Waals surface area contributed by atoms with Gasteiger partial charge in [0.2, 0.25) is 0 Å². The smallest absolute Gasteiger partial charge is 0.328 e. The molecule has 2 rings (SSSR count). The molecule has 0 radical (unpaired) electrons. The van der Waals surface area contributed by atoms with E-state index >= 15 is 0 Å². The third-order valence-corrected chi connectivity index (χ3v) is 4.81. The lowest BCUT2D eigenvalue weighted by Gasteiger charge is -2.10. The number of carbonyl (C=O) groups excluding carboxylic acids is 2. The van der Waals surface area contributed by atoms with Crippen LogP contribution in [0.15, 0.2) is 47.4 Å². The average molecular weight is 394 g/mol. The van der Waals surface area contributed by atoms with Gasteiger partial charge >= 0.3 is 6.03 Å². The summed E-state index contributed by atoms with van der Waals surface area (Å²) in [5.41, 5.74) is 6.08. The van der Waals surface area contributed by atoms with Gasteiger partial charge in [0.25, 0.3) is 15.9 Å². The number of benzene rings is 2. The van der Waals surface area contributed by atoms with Crippen LogP contribution in [0.1, 0.15) is 15.9 Å². The number of aryl methyl sites for hydroxylation is 1. The molecule has 144 valence electrons. The van der Waals surface area contributed by atoms with Crippen LogP contribution in [0, 0.1) is 12.7 Å². The number of nitrogen functional groups attached to an aromatic ring is 1. The van der Waals surface area contributed by atoms with Gasteiger partial charge in [0.1, 0.15) is 5.82 Å². The summed E-state index contributed by atoms with van der Waals surface area (Å²) in [4.78, 5) is 23.6. The van der Waals surface area contributed by atoms with Crippen molar-refractivity contribution in [3.05, 3.63) is 59.4 Å². The van der Waals surface area contributed by atoms with Crippen molar-refractivity contribution in [1.29, 1.82) is 0 Å². The van der Waals surface area contributed by atoms with Gasteiger partial charge in [-0.1, -0.05) is 12.1 Å². The van der Waals surface area contributed by atoms with Gasteiger partial charge in [-0.15, -0.1) is 0 Å². The maximum absolute atomic E-state index is 13.3. The summed E-state index contributed by atoms with van der Waals surface area (Å²) in [7, 11) is -3.99. The molecule has 0 atom stereocenters. The van der Waals surface area contributed by atoms with Crippen LogP contribution in [-0.4, -0.2) is 33.4 Å². The molecule has 0 heterocycles. The number of nitrogens with two attached hydrogens (primary N) is 1. The summed E-state index contributed by atoms with van der Waals surface area (Å²) in [6.07, 6.45) is 0. The van der Waals surface area contributed by atoms with E-state index in [9.17, 15) is 22.4 Å². The average Bonchev–Trinajstić information content (AvgIpc) is 2.60. The third-order valence-electron chi connectivity index (χ3n) is 3.49. The molecular weight excluding hydrogens is 375 g/mol.